The summed E-state index contributed by atoms with van der Waals surface area (Å²) in [5.74, 6) is 0.685. The fourth-order valence-electron chi connectivity index (χ4n) is 1.76. The maximum Gasteiger partial charge on any atom is 0.323 e. The van der Waals surface area contributed by atoms with E-state index in [9.17, 15) is 4.79 Å². The number of anilines is 1. The smallest absolute Gasteiger partial charge is 0.314 e. The van der Waals surface area contributed by atoms with Gasteiger partial charge in [0.15, 0.2) is 0 Å². The van der Waals surface area contributed by atoms with Gasteiger partial charge in [0.25, 0.3) is 0 Å². The van der Waals surface area contributed by atoms with E-state index in [4.69, 9.17) is 0 Å². The number of amides is 2. The van der Waals surface area contributed by atoms with Crippen LogP contribution in [0.5, 0.6) is 0 Å². The molecular formula is C14H17IN2O. The lowest BCUT2D eigenvalue weighted by molar-refractivity contribution is 0.255. The first kappa shape index (κ1) is 13.4. The number of urea groups is 1. The van der Waals surface area contributed by atoms with E-state index in [2.05, 4.69) is 40.1 Å². The van der Waals surface area contributed by atoms with Crippen molar-refractivity contribution in [1.82, 2.24) is 5.32 Å². The summed E-state index contributed by atoms with van der Waals surface area (Å²) in [7, 11) is 0. The van der Waals surface area contributed by atoms with E-state index in [1.54, 1.807) is 0 Å². The lowest BCUT2D eigenvalue weighted by Crippen LogP contribution is -2.24. The van der Waals surface area contributed by atoms with Crippen LogP contribution in [0.15, 0.2) is 30.0 Å². The van der Waals surface area contributed by atoms with Crippen LogP contribution < -0.4 is 10.6 Å². The highest BCUT2D eigenvalue weighted by Gasteiger charge is 2.22. The molecule has 2 amide bonds. The van der Waals surface area contributed by atoms with Gasteiger partial charge >= 0.3 is 6.03 Å². The summed E-state index contributed by atoms with van der Waals surface area (Å²) in [5.41, 5.74) is 3.18. The highest BCUT2D eigenvalue weighted by molar-refractivity contribution is 14.1. The highest BCUT2D eigenvalue weighted by Crippen LogP contribution is 2.35. The van der Waals surface area contributed by atoms with Crippen LogP contribution in [0, 0.1) is 16.4 Å². The molecule has 96 valence electrons. The molecule has 0 radical (unpaired) electrons. The van der Waals surface area contributed by atoms with E-state index in [-0.39, 0.29) is 6.03 Å². The molecule has 1 saturated carbocycles. The molecular weight excluding hydrogens is 339 g/mol. The van der Waals surface area contributed by atoms with E-state index in [0.29, 0.717) is 5.92 Å². The zero-order chi connectivity index (χ0) is 13.1. The van der Waals surface area contributed by atoms with Crippen LogP contribution in [0.1, 0.15) is 25.3 Å². The highest BCUT2D eigenvalue weighted by atomic mass is 127. The fraction of sp³-hybridized carbons (Fsp3) is 0.357. The molecule has 0 unspecified atom stereocenters. The number of carbonyl (C=O) groups excluding carboxylic acids is 1. The Bertz CT molecular complexity index is 493. The lowest BCUT2D eigenvalue weighted by Gasteiger charge is -2.08. The number of benzene rings is 1. The van der Waals surface area contributed by atoms with Crippen LogP contribution in [0.3, 0.4) is 0 Å². The van der Waals surface area contributed by atoms with Crippen molar-refractivity contribution in [3.05, 3.63) is 39.1 Å². The standard InChI is InChI=1S/C14H17IN2O/c1-9-7-12(15)5-6-13(9)17-14(18)16-8-10(2)11-3-4-11/h5-8,11H,3-4H2,1-2H3,(H2,16,17,18)/b10-8+. The first-order valence-electron chi connectivity index (χ1n) is 6.06. The van der Waals surface area contributed by atoms with Gasteiger partial charge < -0.3 is 10.6 Å². The summed E-state index contributed by atoms with van der Waals surface area (Å²) < 4.78 is 1.17. The number of nitrogens with one attached hydrogen (secondary N) is 2. The third-order valence-electron chi connectivity index (χ3n) is 3.09. The monoisotopic (exact) mass is 356 g/mol. The second-order valence-corrected chi connectivity index (χ2v) is 5.97. The normalized spacial score (nSPS) is 15.4. The molecule has 0 spiro atoms. The second kappa shape index (κ2) is 5.73. The summed E-state index contributed by atoms with van der Waals surface area (Å²) in [4.78, 5) is 11.7. The lowest BCUT2D eigenvalue weighted by atomic mass is 10.2. The van der Waals surface area contributed by atoms with Crippen molar-refractivity contribution >= 4 is 34.3 Å². The minimum atomic E-state index is -0.181. The molecule has 1 aromatic carbocycles. The SMILES string of the molecule is C/C(=C\NC(=O)Nc1ccc(I)cc1C)C1CC1. The molecule has 1 fully saturated rings. The van der Waals surface area contributed by atoms with Gasteiger partial charge in [0, 0.05) is 15.5 Å². The molecule has 0 saturated heterocycles. The maximum absolute atomic E-state index is 11.7. The van der Waals surface area contributed by atoms with E-state index in [1.165, 1.54) is 22.0 Å². The topological polar surface area (TPSA) is 41.1 Å². The van der Waals surface area contributed by atoms with Crippen LogP contribution >= 0.6 is 22.6 Å². The average Bonchev–Trinajstić information content (AvgIpc) is 3.14. The summed E-state index contributed by atoms with van der Waals surface area (Å²) in [6, 6.07) is 5.77. The average molecular weight is 356 g/mol. The number of halogens is 1. The number of hydrogen-bond donors (Lipinski definition) is 2. The van der Waals surface area contributed by atoms with Gasteiger partial charge in [-0.3, -0.25) is 0 Å². The molecule has 1 aromatic rings. The van der Waals surface area contributed by atoms with Crippen molar-refractivity contribution in [3.63, 3.8) is 0 Å². The molecule has 2 rings (SSSR count). The minimum absolute atomic E-state index is 0.181. The predicted molar refractivity (Wildman–Crippen MR) is 82.5 cm³/mol. The van der Waals surface area contributed by atoms with E-state index < -0.39 is 0 Å². The minimum Gasteiger partial charge on any atom is -0.314 e. The number of aryl methyl sites for hydroxylation is 1. The van der Waals surface area contributed by atoms with Crippen LogP contribution in [-0.2, 0) is 0 Å². The third kappa shape index (κ3) is 3.73. The first-order valence-corrected chi connectivity index (χ1v) is 7.14. The van der Waals surface area contributed by atoms with Crippen LogP contribution in [0.4, 0.5) is 10.5 Å². The van der Waals surface area contributed by atoms with Crippen molar-refractivity contribution in [2.24, 2.45) is 5.92 Å². The molecule has 0 aromatic heterocycles. The van der Waals surface area contributed by atoms with Crippen molar-refractivity contribution in [2.45, 2.75) is 26.7 Å². The Morgan fingerprint density at radius 1 is 1.44 bits per heavy atom. The van der Waals surface area contributed by atoms with Crippen LogP contribution in [0.2, 0.25) is 0 Å². The molecule has 0 aliphatic heterocycles. The Labute approximate surface area is 121 Å². The Balaban J connectivity index is 1.92. The maximum atomic E-state index is 11.7. The number of rotatable bonds is 3. The zero-order valence-corrected chi connectivity index (χ0v) is 12.7. The van der Waals surface area contributed by atoms with Gasteiger partial charge in [-0.1, -0.05) is 5.57 Å². The van der Waals surface area contributed by atoms with Crippen LogP contribution in [0.25, 0.3) is 0 Å². The molecule has 0 bridgehead atoms. The van der Waals surface area contributed by atoms with Gasteiger partial charge in [0.05, 0.1) is 0 Å². The van der Waals surface area contributed by atoms with E-state index >= 15 is 0 Å². The first-order chi connectivity index (χ1) is 8.56. The molecule has 4 heteroatoms. The molecule has 3 nitrogen and oxygen atoms in total. The Hall–Kier alpha value is -1.04. The van der Waals surface area contributed by atoms with Crippen molar-refractivity contribution in [1.29, 1.82) is 0 Å². The second-order valence-electron chi connectivity index (χ2n) is 4.72. The van der Waals surface area contributed by atoms with Crippen LogP contribution in [-0.4, -0.2) is 6.03 Å². The van der Waals surface area contributed by atoms with Gasteiger partial charge in [0.1, 0.15) is 0 Å². The Kier molecular flexibility index (Phi) is 4.27. The van der Waals surface area contributed by atoms with Crippen molar-refractivity contribution in [2.75, 3.05) is 5.32 Å². The molecule has 1 aliphatic rings. The van der Waals surface area contributed by atoms with Gasteiger partial charge in [-0.15, -0.1) is 0 Å². The third-order valence-corrected chi connectivity index (χ3v) is 3.76. The summed E-state index contributed by atoms with van der Waals surface area (Å²) in [5, 5.41) is 5.63. The molecule has 1 aliphatic carbocycles. The van der Waals surface area contributed by atoms with Gasteiger partial charge in [0.2, 0.25) is 0 Å². The number of allylic oxidation sites excluding steroid dienone is 1. The van der Waals surface area contributed by atoms with Gasteiger partial charge in [-0.25, -0.2) is 4.79 Å². The van der Waals surface area contributed by atoms with Gasteiger partial charge in [-0.2, -0.15) is 0 Å². The van der Waals surface area contributed by atoms with Gasteiger partial charge in [-0.05, 0) is 79.0 Å². The summed E-state index contributed by atoms with van der Waals surface area (Å²) in [6.07, 6.45) is 4.32. The Morgan fingerprint density at radius 2 is 2.17 bits per heavy atom. The van der Waals surface area contributed by atoms with E-state index in [0.717, 1.165) is 11.3 Å². The Morgan fingerprint density at radius 3 is 2.78 bits per heavy atom. The molecule has 18 heavy (non-hydrogen) atoms. The molecule has 0 atom stereocenters. The zero-order valence-electron chi connectivity index (χ0n) is 10.6. The fourth-order valence-corrected chi connectivity index (χ4v) is 2.41. The largest absolute Gasteiger partial charge is 0.323 e. The quantitative estimate of drug-likeness (QED) is 0.789. The number of hydrogen-bond acceptors (Lipinski definition) is 1. The summed E-state index contributed by atoms with van der Waals surface area (Å²) >= 11 is 2.26. The van der Waals surface area contributed by atoms with E-state index in [1.807, 2.05) is 31.3 Å². The summed E-state index contributed by atoms with van der Waals surface area (Å²) in [6.45, 7) is 4.05. The van der Waals surface area contributed by atoms with Crippen molar-refractivity contribution < 1.29 is 4.79 Å². The van der Waals surface area contributed by atoms with Crippen molar-refractivity contribution in [3.8, 4) is 0 Å². The predicted octanol–water partition coefficient (Wildman–Crippen LogP) is 4.03. The number of carbonyl (C=O) groups is 1. The molecule has 0 heterocycles. The molecule has 2 N–H and O–H groups in total.